The fraction of sp³-hybridized carbons (Fsp3) is 0.909. The van der Waals surface area contributed by atoms with E-state index in [0.717, 1.165) is 19.4 Å². The van der Waals surface area contributed by atoms with Crippen LogP contribution < -0.4 is 0 Å². The highest BCUT2D eigenvalue weighted by atomic mass is 16.4. The van der Waals surface area contributed by atoms with Crippen molar-refractivity contribution in [3.63, 3.8) is 0 Å². The number of carbonyl (C=O) groups is 1. The molecule has 1 aliphatic carbocycles. The summed E-state index contributed by atoms with van der Waals surface area (Å²) in [4.78, 5) is 12.7. The molecule has 2 aliphatic rings. The molecule has 86 valence electrons. The number of nitrogens with zero attached hydrogens (tertiary/aromatic N) is 1. The number of rotatable bonds is 2. The van der Waals surface area contributed by atoms with Gasteiger partial charge in [-0.1, -0.05) is 13.8 Å². The highest BCUT2D eigenvalue weighted by Crippen LogP contribution is 2.52. The van der Waals surface area contributed by atoms with Crippen molar-refractivity contribution in [2.75, 3.05) is 13.1 Å². The number of carboxylic acid groups (broad SMARTS) is 1. The average Bonchev–Trinajstić information content (AvgIpc) is 2.15. The van der Waals surface area contributed by atoms with E-state index in [9.17, 15) is 9.90 Å². The minimum absolute atomic E-state index is 0.108. The fourth-order valence-electron chi connectivity index (χ4n) is 3.41. The Kier molecular flexibility index (Phi) is 2.51. The third-order valence-corrected chi connectivity index (χ3v) is 4.05. The second-order valence-electron chi connectivity index (χ2n) is 5.38. The highest BCUT2D eigenvalue weighted by molar-refractivity contribution is 5.69. The average molecular weight is 213 g/mol. The van der Waals surface area contributed by atoms with Crippen LogP contribution >= 0.6 is 0 Å². The van der Waals surface area contributed by atoms with Crippen LogP contribution in [0.4, 0.5) is 0 Å². The zero-order chi connectivity index (χ0) is 11.2. The third kappa shape index (κ3) is 1.56. The van der Waals surface area contributed by atoms with Gasteiger partial charge < -0.3 is 10.2 Å². The quantitative estimate of drug-likeness (QED) is 0.703. The first-order valence-electron chi connectivity index (χ1n) is 5.58. The molecular formula is C11H19NO3. The molecule has 2 N–H and O–H groups in total. The first kappa shape index (κ1) is 10.9. The number of hydrogen-bond donors (Lipinski definition) is 2. The van der Waals surface area contributed by atoms with Crippen molar-refractivity contribution in [3.8, 4) is 0 Å². The van der Waals surface area contributed by atoms with Gasteiger partial charge in [0.05, 0.1) is 12.6 Å². The van der Waals surface area contributed by atoms with Crippen molar-refractivity contribution in [3.05, 3.63) is 0 Å². The van der Waals surface area contributed by atoms with Crippen molar-refractivity contribution >= 4 is 5.97 Å². The van der Waals surface area contributed by atoms with Crippen LogP contribution in [0.5, 0.6) is 0 Å². The van der Waals surface area contributed by atoms with Crippen LogP contribution in [0, 0.1) is 11.3 Å². The Hall–Kier alpha value is -0.610. The van der Waals surface area contributed by atoms with Crippen molar-refractivity contribution in [1.29, 1.82) is 0 Å². The van der Waals surface area contributed by atoms with Gasteiger partial charge in [-0.25, -0.2) is 0 Å². The molecular weight excluding hydrogens is 194 g/mol. The zero-order valence-corrected chi connectivity index (χ0v) is 9.31. The van der Waals surface area contributed by atoms with Gasteiger partial charge in [0.1, 0.15) is 0 Å². The van der Waals surface area contributed by atoms with Crippen LogP contribution in [0.2, 0.25) is 0 Å². The monoisotopic (exact) mass is 213 g/mol. The van der Waals surface area contributed by atoms with Gasteiger partial charge in [0.25, 0.3) is 0 Å². The van der Waals surface area contributed by atoms with Crippen LogP contribution in [-0.4, -0.2) is 46.3 Å². The maximum atomic E-state index is 10.7. The van der Waals surface area contributed by atoms with E-state index >= 15 is 0 Å². The van der Waals surface area contributed by atoms with Crippen LogP contribution in [-0.2, 0) is 4.79 Å². The van der Waals surface area contributed by atoms with E-state index in [-0.39, 0.29) is 30.0 Å². The second kappa shape index (κ2) is 3.46. The Morgan fingerprint density at radius 3 is 2.80 bits per heavy atom. The Morgan fingerprint density at radius 1 is 1.53 bits per heavy atom. The molecule has 0 aromatic carbocycles. The summed E-state index contributed by atoms with van der Waals surface area (Å²) in [7, 11) is 0. The molecule has 2 rings (SSSR count). The molecule has 1 saturated heterocycles. The first-order chi connectivity index (χ1) is 6.94. The molecule has 0 radical (unpaired) electrons. The minimum atomic E-state index is -0.771. The van der Waals surface area contributed by atoms with Crippen molar-refractivity contribution in [1.82, 2.24) is 4.90 Å². The number of aliphatic hydroxyl groups is 1. The lowest BCUT2D eigenvalue weighted by Gasteiger charge is -2.62. The molecule has 3 unspecified atom stereocenters. The summed E-state index contributed by atoms with van der Waals surface area (Å²) in [6.07, 6.45) is 1.77. The number of carboxylic acids is 1. The minimum Gasteiger partial charge on any atom is -0.480 e. The van der Waals surface area contributed by atoms with Gasteiger partial charge in [-0.05, 0) is 19.4 Å². The van der Waals surface area contributed by atoms with Gasteiger partial charge >= 0.3 is 5.97 Å². The van der Waals surface area contributed by atoms with E-state index in [1.54, 1.807) is 0 Å². The van der Waals surface area contributed by atoms with Crippen LogP contribution in [0.1, 0.15) is 26.7 Å². The largest absolute Gasteiger partial charge is 0.480 e. The predicted octanol–water partition coefficient (Wildman–Crippen LogP) is 0.552. The highest BCUT2D eigenvalue weighted by Gasteiger charge is 2.58. The number of likely N-dealkylation sites (tertiary alicyclic amines) is 1. The third-order valence-electron chi connectivity index (χ3n) is 4.05. The Morgan fingerprint density at radius 2 is 2.20 bits per heavy atom. The molecule has 0 amide bonds. The molecule has 1 aliphatic heterocycles. The fourth-order valence-corrected chi connectivity index (χ4v) is 3.41. The molecule has 0 aromatic rings. The molecule has 0 spiro atoms. The summed E-state index contributed by atoms with van der Waals surface area (Å²) in [5.41, 5.74) is -0.152. The SMILES string of the molecule is CC1(C)C(O)C2CCCN(CC(=O)O)C21. The lowest BCUT2D eigenvalue weighted by atomic mass is 9.54. The van der Waals surface area contributed by atoms with Crippen molar-refractivity contribution in [2.45, 2.75) is 38.8 Å². The lowest BCUT2D eigenvalue weighted by Crippen LogP contribution is -2.70. The van der Waals surface area contributed by atoms with Gasteiger partial charge in [0.15, 0.2) is 0 Å². The number of aliphatic hydroxyl groups excluding tert-OH is 1. The molecule has 4 nitrogen and oxygen atoms in total. The van der Waals surface area contributed by atoms with Crippen molar-refractivity contribution in [2.24, 2.45) is 11.3 Å². The van der Waals surface area contributed by atoms with E-state index in [2.05, 4.69) is 0 Å². The predicted molar refractivity (Wildman–Crippen MR) is 55.5 cm³/mol. The summed E-state index contributed by atoms with van der Waals surface area (Å²) >= 11 is 0. The van der Waals surface area contributed by atoms with Crippen LogP contribution in [0.25, 0.3) is 0 Å². The lowest BCUT2D eigenvalue weighted by molar-refractivity contribution is -0.195. The maximum Gasteiger partial charge on any atom is 0.317 e. The van der Waals surface area contributed by atoms with E-state index < -0.39 is 5.97 Å². The molecule has 1 heterocycles. The Balaban J connectivity index is 2.10. The van der Waals surface area contributed by atoms with Crippen LogP contribution in [0.15, 0.2) is 0 Å². The molecule has 2 fully saturated rings. The summed E-state index contributed by atoms with van der Waals surface area (Å²) < 4.78 is 0. The second-order valence-corrected chi connectivity index (χ2v) is 5.38. The van der Waals surface area contributed by atoms with Gasteiger partial charge in [-0.3, -0.25) is 9.69 Å². The molecule has 4 heteroatoms. The molecule has 15 heavy (non-hydrogen) atoms. The number of aliphatic carboxylic acids is 1. The smallest absolute Gasteiger partial charge is 0.317 e. The number of fused-ring (bicyclic) bond motifs is 1. The van der Waals surface area contributed by atoms with Crippen LogP contribution in [0.3, 0.4) is 0 Å². The first-order valence-corrected chi connectivity index (χ1v) is 5.58. The van der Waals surface area contributed by atoms with E-state index in [0.29, 0.717) is 0 Å². The summed E-state index contributed by atoms with van der Waals surface area (Å²) in [5, 5.41) is 18.8. The summed E-state index contributed by atoms with van der Waals surface area (Å²) in [5.74, 6) is -0.485. The summed E-state index contributed by atoms with van der Waals surface area (Å²) in [6, 6.07) is 0.248. The maximum absolute atomic E-state index is 10.7. The standard InChI is InChI=1S/C11H19NO3/c1-11(2)9-7(10(11)15)4-3-5-12(9)6-8(13)14/h7,9-10,15H,3-6H2,1-2H3,(H,13,14). The van der Waals surface area contributed by atoms with Crippen molar-refractivity contribution < 1.29 is 15.0 Å². The Labute approximate surface area is 89.9 Å². The van der Waals surface area contributed by atoms with Gasteiger partial charge in [-0.2, -0.15) is 0 Å². The normalized spacial score (nSPS) is 39.3. The summed E-state index contributed by atoms with van der Waals surface area (Å²) in [6.45, 7) is 5.01. The zero-order valence-electron chi connectivity index (χ0n) is 9.31. The van der Waals surface area contributed by atoms with Gasteiger partial charge in [0, 0.05) is 17.4 Å². The molecule has 1 saturated carbocycles. The Bertz CT molecular complexity index is 277. The van der Waals surface area contributed by atoms with Gasteiger partial charge in [-0.15, -0.1) is 0 Å². The molecule has 3 atom stereocenters. The van der Waals surface area contributed by atoms with E-state index in [4.69, 9.17) is 5.11 Å². The molecule has 0 aromatic heterocycles. The van der Waals surface area contributed by atoms with E-state index in [1.807, 2.05) is 18.7 Å². The van der Waals surface area contributed by atoms with E-state index in [1.165, 1.54) is 0 Å². The number of piperidine rings is 1. The van der Waals surface area contributed by atoms with Gasteiger partial charge in [0.2, 0.25) is 0 Å². The number of hydrogen-bond acceptors (Lipinski definition) is 3. The topological polar surface area (TPSA) is 60.8 Å². The molecule has 0 bridgehead atoms.